The lowest BCUT2D eigenvalue weighted by Gasteiger charge is -2.28. The van der Waals surface area contributed by atoms with Crippen LogP contribution in [-0.4, -0.2) is 56.2 Å². The molecule has 21 heavy (non-hydrogen) atoms. The maximum Gasteiger partial charge on any atom is 0.407 e. The van der Waals surface area contributed by atoms with Gasteiger partial charge in [-0.2, -0.15) is 0 Å². The number of nitrogens with zero attached hydrogens (tertiary/aromatic N) is 1. The third-order valence-corrected chi connectivity index (χ3v) is 2.81. The summed E-state index contributed by atoms with van der Waals surface area (Å²) < 4.78 is 9.78. The van der Waals surface area contributed by atoms with Crippen molar-refractivity contribution in [3.05, 3.63) is 0 Å². The van der Waals surface area contributed by atoms with Crippen LogP contribution in [0, 0.1) is 5.41 Å². The van der Waals surface area contributed by atoms with E-state index in [0.717, 1.165) is 0 Å². The van der Waals surface area contributed by atoms with Crippen molar-refractivity contribution in [1.29, 1.82) is 0 Å². The molecule has 0 heterocycles. The van der Waals surface area contributed by atoms with Gasteiger partial charge < -0.3 is 19.7 Å². The standard InChI is InChI=1S/C14H26N2O5/c1-13(2,3)21-12(19)15-9-8-14(4,11(18)20-7)10(17)16(5)6/h8-9H2,1-7H3,(H,15,19). The zero-order valence-corrected chi connectivity index (χ0v) is 13.9. The summed E-state index contributed by atoms with van der Waals surface area (Å²) in [6, 6.07) is 0. The molecule has 0 bridgehead atoms. The quantitative estimate of drug-likeness (QED) is 0.608. The van der Waals surface area contributed by atoms with Crippen LogP contribution in [-0.2, 0) is 19.1 Å². The minimum atomic E-state index is -1.34. The van der Waals surface area contributed by atoms with E-state index in [0.29, 0.717) is 0 Å². The maximum absolute atomic E-state index is 12.2. The third kappa shape index (κ3) is 6.01. The smallest absolute Gasteiger partial charge is 0.407 e. The van der Waals surface area contributed by atoms with Crippen LogP contribution in [0.25, 0.3) is 0 Å². The van der Waals surface area contributed by atoms with Gasteiger partial charge in [-0.25, -0.2) is 4.79 Å². The van der Waals surface area contributed by atoms with E-state index >= 15 is 0 Å². The predicted octanol–water partition coefficient (Wildman–Crippen LogP) is 1.17. The van der Waals surface area contributed by atoms with Crippen LogP contribution in [0.3, 0.4) is 0 Å². The lowest BCUT2D eigenvalue weighted by Crippen LogP contribution is -2.46. The number of nitrogens with one attached hydrogen (secondary N) is 1. The average Bonchev–Trinajstić information content (AvgIpc) is 2.34. The Morgan fingerprint density at radius 1 is 1.10 bits per heavy atom. The highest BCUT2D eigenvalue weighted by molar-refractivity contribution is 6.02. The highest BCUT2D eigenvalue weighted by Crippen LogP contribution is 2.25. The molecule has 7 heteroatoms. The molecule has 0 aliphatic rings. The Morgan fingerprint density at radius 2 is 1.62 bits per heavy atom. The number of methoxy groups -OCH3 is 1. The molecule has 122 valence electrons. The lowest BCUT2D eigenvalue weighted by atomic mass is 9.85. The molecule has 7 nitrogen and oxygen atoms in total. The number of carbonyl (C=O) groups is 3. The van der Waals surface area contributed by atoms with Crippen molar-refractivity contribution in [2.75, 3.05) is 27.7 Å². The summed E-state index contributed by atoms with van der Waals surface area (Å²) in [6.45, 7) is 6.88. The molecule has 0 rings (SSSR count). The summed E-state index contributed by atoms with van der Waals surface area (Å²) in [5.74, 6) is -1.01. The van der Waals surface area contributed by atoms with Crippen LogP contribution in [0.2, 0.25) is 0 Å². The maximum atomic E-state index is 12.2. The van der Waals surface area contributed by atoms with Crippen LogP contribution >= 0.6 is 0 Å². The van der Waals surface area contributed by atoms with E-state index in [1.165, 1.54) is 18.9 Å². The van der Waals surface area contributed by atoms with Crippen LogP contribution in [0.1, 0.15) is 34.1 Å². The molecular formula is C14H26N2O5. The van der Waals surface area contributed by atoms with Gasteiger partial charge in [-0.05, 0) is 34.1 Å². The van der Waals surface area contributed by atoms with Gasteiger partial charge in [0.1, 0.15) is 11.0 Å². The Hall–Kier alpha value is -1.79. The second kappa shape index (κ2) is 7.28. The van der Waals surface area contributed by atoms with Gasteiger partial charge in [-0.15, -0.1) is 0 Å². The van der Waals surface area contributed by atoms with Crippen molar-refractivity contribution < 1.29 is 23.9 Å². The molecular weight excluding hydrogens is 276 g/mol. The van der Waals surface area contributed by atoms with E-state index in [2.05, 4.69) is 5.32 Å². The number of hydrogen-bond acceptors (Lipinski definition) is 5. The molecule has 1 atom stereocenters. The summed E-state index contributed by atoms with van der Waals surface area (Å²) in [5.41, 5.74) is -1.94. The van der Waals surface area contributed by atoms with Crippen LogP contribution in [0.5, 0.6) is 0 Å². The molecule has 0 radical (unpaired) electrons. The van der Waals surface area contributed by atoms with Gasteiger partial charge in [0.15, 0.2) is 0 Å². The van der Waals surface area contributed by atoms with Crippen molar-refractivity contribution in [2.45, 2.75) is 39.7 Å². The van der Waals surface area contributed by atoms with Crippen LogP contribution in [0.15, 0.2) is 0 Å². The lowest BCUT2D eigenvalue weighted by molar-refractivity contribution is -0.161. The molecule has 0 aliphatic carbocycles. The Balaban J connectivity index is 4.70. The normalized spacial score (nSPS) is 13.9. The zero-order chi connectivity index (χ0) is 16.8. The highest BCUT2D eigenvalue weighted by Gasteiger charge is 2.43. The minimum absolute atomic E-state index is 0.121. The molecule has 0 aromatic carbocycles. The minimum Gasteiger partial charge on any atom is -0.468 e. The van der Waals surface area contributed by atoms with E-state index in [9.17, 15) is 14.4 Å². The molecule has 0 aromatic rings. The average molecular weight is 302 g/mol. The first-order valence-electron chi connectivity index (χ1n) is 6.71. The van der Waals surface area contributed by atoms with Crippen molar-refractivity contribution in [1.82, 2.24) is 10.2 Å². The fraction of sp³-hybridized carbons (Fsp3) is 0.786. The summed E-state index contributed by atoms with van der Waals surface area (Å²) in [4.78, 5) is 36.9. The van der Waals surface area contributed by atoms with Crippen molar-refractivity contribution in [2.24, 2.45) is 5.41 Å². The molecule has 0 saturated carbocycles. The van der Waals surface area contributed by atoms with Gasteiger partial charge in [0.2, 0.25) is 5.91 Å². The first-order valence-corrected chi connectivity index (χ1v) is 6.71. The number of amides is 2. The summed E-state index contributed by atoms with van der Waals surface area (Å²) in [7, 11) is 4.35. The Labute approximate surface area is 126 Å². The van der Waals surface area contributed by atoms with Gasteiger partial charge in [0.25, 0.3) is 0 Å². The van der Waals surface area contributed by atoms with Crippen LogP contribution < -0.4 is 5.32 Å². The zero-order valence-electron chi connectivity index (χ0n) is 13.9. The van der Waals surface area contributed by atoms with E-state index in [1.807, 2.05) is 0 Å². The predicted molar refractivity (Wildman–Crippen MR) is 77.7 cm³/mol. The van der Waals surface area contributed by atoms with Gasteiger partial charge in [0.05, 0.1) is 7.11 Å². The topological polar surface area (TPSA) is 84.9 Å². The first-order chi connectivity index (χ1) is 9.44. The molecule has 1 unspecified atom stereocenters. The summed E-state index contributed by atoms with van der Waals surface area (Å²) in [6.07, 6.45) is -0.470. The van der Waals surface area contributed by atoms with Crippen LogP contribution in [0.4, 0.5) is 4.79 Å². The molecule has 0 fully saturated rings. The van der Waals surface area contributed by atoms with E-state index < -0.39 is 23.1 Å². The monoisotopic (exact) mass is 302 g/mol. The Kier molecular flexibility index (Phi) is 6.66. The molecule has 0 spiro atoms. The van der Waals surface area contributed by atoms with Crippen molar-refractivity contribution >= 4 is 18.0 Å². The second-order valence-electron chi connectivity index (χ2n) is 6.20. The molecule has 0 aromatic heterocycles. The number of carbonyl (C=O) groups excluding carboxylic acids is 3. The van der Waals surface area contributed by atoms with Gasteiger partial charge in [0, 0.05) is 20.6 Å². The second-order valence-corrected chi connectivity index (χ2v) is 6.20. The fourth-order valence-corrected chi connectivity index (χ4v) is 1.74. The largest absolute Gasteiger partial charge is 0.468 e. The molecule has 0 aliphatic heterocycles. The number of ether oxygens (including phenoxy) is 2. The van der Waals surface area contributed by atoms with E-state index in [4.69, 9.17) is 9.47 Å². The van der Waals surface area contributed by atoms with Gasteiger partial charge in [-0.1, -0.05) is 0 Å². The number of esters is 1. The SMILES string of the molecule is COC(=O)C(C)(CCNC(=O)OC(C)(C)C)C(=O)N(C)C. The fourth-order valence-electron chi connectivity index (χ4n) is 1.74. The summed E-state index contributed by atoms with van der Waals surface area (Å²) >= 11 is 0. The first kappa shape index (κ1) is 19.2. The van der Waals surface area contributed by atoms with Gasteiger partial charge >= 0.3 is 12.1 Å². The Morgan fingerprint density at radius 3 is 2.00 bits per heavy atom. The van der Waals surface area contributed by atoms with E-state index in [-0.39, 0.29) is 18.9 Å². The van der Waals surface area contributed by atoms with Gasteiger partial charge in [-0.3, -0.25) is 9.59 Å². The highest BCUT2D eigenvalue weighted by atomic mass is 16.6. The number of alkyl carbamates (subject to hydrolysis) is 1. The molecule has 2 amide bonds. The molecule has 1 N–H and O–H groups in total. The number of hydrogen-bond donors (Lipinski definition) is 1. The van der Waals surface area contributed by atoms with Crippen molar-refractivity contribution in [3.8, 4) is 0 Å². The number of rotatable bonds is 5. The van der Waals surface area contributed by atoms with Crippen molar-refractivity contribution in [3.63, 3.8) is 0 Å². The Bertz CT molecular complexity index is 401. The molecule has 0 saturated heterocycles. The van der Waals surface area contributed by atoms with E-state index in [1.54, 1.807) is 34.9 Å². The summed E-state index contributed by atoms with van der Waals surface area (Å²) in [5, 5.41) is 2.53. The third-order valence-electron chi connectivity index (χ3n) is 2.81.